The Bertz CT molecular complexity index is 387. The summed E-state index contributed by atoms with van der Waals surface area (Å²) in [5, 5.41) is 29.3. The molecular formula is C15H24O4. The van der Waals surface area contributed by atoms with Gasteiger partial charge in [-0.2, -0.15) is 0 Å². The Hall–Kier alpha value is -1.10. The molecule has 1 aromatic rings. The fourth-order valence-corrected chi connectivity index (χ4v) is 1.72. The molecule has 19 heavy (non-hydrogen) atoms. The fraction of sp³-hybridized carbons (Fsp3) is 0.600. The van der Waals surface area contributed by atoms with Crippen LogP contribution in [0.2, 0.25) is 0 Å². The number of aliphatic hydroxyl groups excluding tert-OH is 2. The quantitative estimate of drug-likeness (QED) is 0.662. The van der Waals surface area contributed by atoms with Crippen LogP contribution in [0.3, 0.4) is 0 Å². The van der Waals surface area contributed by atoms with Gasteiger partial charge in [0, 0.05) is 6.42 Å². The van der Waals surface area contributed by atoms with E-state index in [-0.39, 0.29) is 6.42 Å². The first kappa shape index (κ1) is 16.0. The summed E-state index contributed by atoms with van der Waals surface area (Å²) in [5.41, 5.74) is 0.736. The van der Waals surface area contributed by atoms with Gasteiger partial charge in [-0.15, -0.1) is 0 Å². The average molecular weight is 268 g/mol. The molecule has 0 spiro atoms. The van der Waals surface area contributed by atoms with Gasteiger partial charge in [0.1, 0.15) is 0 Å². The number of aliphatic hydroxyl groups is 3. The number of allylic oxidation sites excluding steroid dienone is 1. The zero-order chi connectivity index (χ0) is 14.5. The van der Waals surface area contributed by atoms with Crippen LogP contribution < -0.4 is 0 Å². The minimum atomic E-state index is -1.20. The van der Waals surface area contributed by atoms with Crippen molar-refractivity contribution in [2.75, 3.05) is 0 Å². The SMILES string of the molecule is CC(=CCCc1ccoc1)C(O)CC(O)C(C)(C)O. The molecule has 108 valence electrons. The van der Waals surface area contributed by atoms with E-state index in [1.807, 2.05) is 19.1 Å². The maximum absolute atomic E-state index is 9.95. The minimum Gasteiger partial charge on any atom is -0.472 e. The molecule has 1 rings (SSSR count). The van der Waals surface area contributed by atoms with E-state index in [9.17, 15) is 15.3 Å². The molecule has 2 unspecified atom stereocenters. The Kier molecular flexibility index (Phi) is 5.79. The van der Waals surface area contributed by atoms with Gasteiger partial charge in [0.25, 0.3) is 0 Å². The average Bonchev–Trinajstić information content (AvgIpc) is 2.80. The largest absolute Gasteiger partial charge is 0.472 e. The van der Waals surface area contributed by atoms with Crippen molar-refractivity contribution in [2.45, 2.75) is 57.8 Å². The fourth-order valence-electron chi connectivity index (χ4n) is 1.72. The Labute approximate surface area is 114 Å². The maximum Gasteiger partial charge on any atom is 0.0934 e. The highest BCUT2D eigenvalue weighted by atomic mass is 16.3. The summed E-state index contributed by atoms with van der Waals surface area (Å²) in [6.07, 6.45) is 5.42. The van der Waals surface area contributed by atoms with Gasteiger partial charge in [-0.1, -0.05) is 6.08 Å². The van der Waals surface area contributed by atoms with Crippen molar-refractivity contribution in [3.8, 4) is 0 Å². The molecule has 0 fully saturated rings. The predicted octanol–water partition coefficient (Wildman–Crippen LogP) is 2.04. The topological polar surface area (TPSA) is 73.8 Å². The lowest BCUT2D eigenvalue weighted by Gasteiger charge is -2.26. The van der Waals surface area contributed by atoms with Gasteiger partial charge in [0.2, 0.25) is 0 Å². The van der Waals surface area contributed by atoms with Crippen LogP contribution in [0, 0.1) is 0 Å². The number of hydrogen-bond acceptors (Lipinski definition) is 4. The van der Waals surface area contributed by atoms with Crippen LogP contribution in [0.25, 0.3) is 0 Å². The summed E-state index contributed by atoms with van der Waals surface area (Å²) in [4.78, 5) is 0. The minimum absolute atomic E-state index is 0.136. The molecule has 0 bridgehead atoms. The molecule has 1 heterocycles. The van der Waals surface area contributed by atoms with Gasteiger partial charge in [-0.3, -0.25) is 0 Å². The second-order valence-electron chi connectivity index (χ2n) is 5.54. The van der Waals surface area contributed by atoms with E-state index < -0.39 is 17.8 Å². The predicted molar refractivity (Wildman–Crippen MR) is 73.7 cm³/mol. The molecule has 0 saturated carbocycles. The van der Waals surface area contributed by atoms with Crippen molar-refractivity contribution in [1.29, 1.82) is 0 Å². The lowest BCUT2D eigenvalue weighted by Crippen LogP contribution is -2.38. The van der Waals surface area contributed by atoms with Crippen LogP contribution >= 0.6 is 0 Å². The van der Waals surface area contributed by atoms with Gasteiger partial charge in [0.05, 0.1) is 30.3 Å². The van der Waals surface area contributed by atoms with Gasteiger partial charge < -0.3 is 19.7 Å². The normalized spacial score (nSPS) is 16.4. The smallest absolute Gasteiger partial charge is 0.0934 e. The maximum atomic E-state index is 9.95. The van der Waals surface area contributed by atoms with E-state index in [1.165, 1.54) is 13.8 Å². The van der Waals surface area contributed by atoms with Gasteiger partial charge in [-0.25, -0.2) is 0 Å². The third-order valence-corrected chi connectivity index (χ3v) is 3.27. The van der Waals surface area contributed by atoms with Gasteiger partial charge in [0.15, 0.2) is 0 Å². The van der Waals surface area contributed by atoms with Crippen LogP contribution in [-0.2, 0) is 6.42 Å². The van der Waals surface area contributed by atoms with Crippen LogP contribution in [0.15, 0.2) is 34.7 Å². The molecule has 1 aromatic heterocycles. The highest BCUT2D eigenvalue weighted by Crippen LogP contribution is 2.18. The molecule has 4 nitrogen and oxygen atoms in total. The number of furan rings is 1. The summed E-state index contributed by atoms with van der Waals surface area (Å²) in [6.45, 7) is 4.89. The second-order valence-corrected chi connectivity index (χ2v) is 5.54. The molecule has 2 atom stereocenters. The van der Waals surface area contributed by atoms with E-state index in [2.05, 4.69) is 0 Å². The van der Waals surface area contributed by atoms with Crippen LogP contribution in [0.1, 0.15) is 39.2 Å². The van der Waals surface area contributed by atoms with E-state index in [4.69, 9.17) is 4.42 Å². The van der Waals surface area contributed by atoms with Gasteiger partial charge in [-0.05, 0) is 50.8 Å². The molecule has 0 aliphatic heterocycles. The number of aryl methyl sites for hydroxylation is 1. The standard InChI is InChI=1S/C15H24O4/c1-11(5-4-6-12-7-8-19-10-12)13(16)9-14(17)15(2,3)18/h5,7-8,10,13-14,16-18H,4,6,9H2,1-3H3. The van der Waals surface area contributed by atoms with Crippen molar-refractivity contribution in [3.63, 3.8) is 0 Å². The molecule has 0 saturated heterocycles. The molecule has 0 aliphatic carbocycles. The van der Waals surface area contributed by atoms with Crippen molar-refractivity contribution in [1.82, 2.24) is 0 Å². The van der Waals surface area contributed by atoms with Crippen LogP contribution in [-0.4, -0.2) is 33.1 Å². The summed E-state index contributed by atoms with van der Waals surface area (Å²) >= 11 is 0. The first-order chi connectivity index (χ1) is 8.80. The first-order valence-corrected chi connectivity index (χ1v) is 6.57. The monoisotopic (exact) mass is 268 g/mol. The first-order valence-electron chi connectivity index (χ1n) is 6.57. The molecular weight excluding hydrogens is 244 g/mol. The van der Waals surface area contributed by atoms with Crippen LogP contribution in [0.5, 0.6) is 0 Å². The second kappa shape index (κ2) is 6.89. The van der Waals surface area contributed by atoms with Crippen molar-refractivity contribution in [3.05, 3.63) is 35.8 Å². The van der Waals surface area contributed by atoms with Crippen molar-refractivity contribution >= 4 is 0 Å². The lowest BCUT2D eigenvalue weighted by atomic mass is 9.93. The van der Waals surface area contributed by atoms with E-state index in [1.54, 1.807) is 12.5 Å². The molecule has 0 aromatic carbocycles. The Morgan fingerprint density at radius 2 is 2.11 bits per heavy atom. The van der Waals surface area contributed by atoms with E-state index >= 15 is 0 Å². The molecule has 3 N–H and O–H groups in total. The molecule has 0 amide bonds. The zero-order valence-electron chi connectivity index (χ0n) is 11.8. The van der Waals surface area contributed by atoms with Crippen molar-refractivity contribution < 1.29 is 19.7 Å². The molecule has 0 aliphatic rings. The van der Waals surface area contributed by atoms with E-state index in [0.29, 0.717) is 0 Å². The zero-order valence-corrected chi connectivity index (χ0v) is 11.8. The summed E-state index contributed by atoms with van der Waals surface area (Å²) in [5.74, 6) is 0. The van der Waals surface area contributed by atoms with Crippen molar-refractivity contribution in [2.24, 2.45) is 0 Å². The summed E-state index contributed by atoms with van der Waals surface area (Å²) in [7, 11) is 0. The molecule has 0 radical (unpaired) electrons. The van der Waals surface area contributed by atoms with E-state index in [0.717, 1.165) is 24.0 Å². The Morgan fingerprint density at radius 1 is 1.42 bits per heavy atom. The Balaban J connectivity index is 2.41. The number of hydrogen-bond donors (Lipinski definition) is 3. The Morgan fingerprint density at radius 3 is 2.63 bits per heavy atom. The summed E-state index contributed by atoms with van der Waals surface area (Å²) in [6, 6.07) is 1.91. The highest BCUT2D eigenvalue weighted by molar-refractivity contribution is 5.10. The molecule has 4 heteroatoms. The third-order valence-electron chi connectivity index (χ3n) is 3.27. The van der Waals surface area contributed by atoms with Crippen LogP contribution in [0.4, 0.5) is 0 Å². The number of rotatable bonds is 7. The lowest BCUT2D eigenvalue weighted by molar-refractivity contribution is -0.0640. The highest BCUT2D eigenvalue weighted by Gasteiger charge is 2.27. The third kappa shape index (κ3) is 5.59. The van der Waals surface area contributed by atoms with Gasteiger partial charge >= 0.3 is 0 Å². The summed E-state index contributed by atoms with van der Waals surface area (Å²) < 4.78 is 4.98.